The molecule has 1 atom stereocenters. The molecule has 1 aliphatic heterocycles. The first kappa shape index (κ1) is 11.1. The standard InChI is InChI=1S/C12H10ClN3O2/c13-8-3-1-2-7(4-8)10-6-16-11(15-10)9(5-14-16)12(17)18/h1-5,10,15H,6H2,(H,17,18)/t10-/m0/s1. The molecule has 0 unspecified atom stereocenters. The Hall–Kier alpha value is -2.01. The molecule has 2 N–H and O–H groups in total. The lowest BCUT2D eigenvalue weighted by Gasteiger charge is -2.11. The maximum Gasteiger partial charge on any atom is 0.341 e. The molecule has 1 aromatic carbocycles. The number of carboxylic acids is 1. The third kappa shape index (κ3) is 1.73. The van der Waals surface area contributed by atoms with Crippen LogP contribution in [0.1, 0.15) is 22.0 Å². The summed E-state index contributed by atoms with van der Waals surface area (Å²) in [5, 5.41) is 16.9. The zero-order valence-corrected chi connectivity index (χ0v) is 10.1. The third-order valence-electron chi connectivity index (χ3n) is 2.99. The van der Waals surface area contributed by atoms with Crippen molar-refractivity contribution in [2.45, 2.75) is 12.6 Å². The normalized spacial score (nSPS) is 17.3. The van der Waals surface area contributed by atoms with E-state index in [2.05, 4.69) is 10.4 Å². The molecule has 2 heterocycles. The number of carbonyl (C=O) groups is 1. The summed E-state index contributed by atoms with van der Waals surface area (Å²) in [4.78, 5) is 11.0. The van der Waals surface area contributed by atoms with E-state index in [0.29, 0.717) is 17.4 Å². The molecule has 0 amide bonds. The Morgan fingerprint density at radius 3 is 3.11 bits per heavy atom. The number of benzene rings is 1. The van der Waals surface area contributed by atoms with Crippen LogP contribution in [0.2, 0.25) is 5.02 Å². The number of anilines is 1. The zero-order chi connectivity index (χ0) is 12.7. The number of fused-ring (bicyclic) bond motifs is 1. The second kappa shape index (κ2) is 4.03. The van der Waals surface area contributed by atoms with Crippen molar-refractivity contribution in [2.75, 3.05) is 5.32 Å². The number of halogens is 1. The molecule has 18 heavy (non-hydrogen) atoms. The van der Waals surface area contributed by atoms with Crippen LogP contribution in [0.5, 0.6) is 0 Å². The molecule has 5 nitrogen and oxygen atoms in total. The predicted molar refractivity (Wildman–Crippen MR) is 67.0 cm³/mol. The Labute approximate surface area is 108 Å². The van der Waals surface area contributed by atoms with Crippen molar-refractivity contribution in [3.63, 3.8) is 0 Å². The van der Waals surface area contributed by atoms with Crippen LogP contribution in [0, 0.1) is 0 Å². The molecule has 0 fully saturated rings. The van der Waals surface area contributed by atoms with Gasteiger partial charge in [0.25, 0.3) is 0 Å². The molecule has 0 saturated heterocycles. The van der Waals surface area contributed by atoms with Gasteiger partial charge in [0, 0.05) is 5.02 Å². The number of aromatic carboxylic acids is 1. The smallest absolute Gasteiger partial charge is 0.341 e. The van der Waals surface area contributed by atoms with E-state index in [0.717, 1.165) is 5.56 Å². The number of hydrogen-bond donors (Lipinski definition) is 2. The van der Waals surface area contributed by atoms with E-state index in [9.17, 15) is 4.79 Å². The Kier molecular flexibility index (Phi) is 2.48. The molecule has 92 valence electrons. The maximum atomic E-state index is 11.0. The number of nitrogens with zero attached hydrogens (tertiary/aromatic N) is 2. The van der Waals surface area contributed by atoms with E-state index >= 15 is 0 Å². The van der Waals surface area contributed by atoms with Gasteiger partial charge in [-0.3, -0.25) is 0 Å². The van der Waals surface area contributed by atoms with Crippen LogP contribution < -0.4 is 5.32 Å². The maximum absolute atomic E-state index is 11.0. The summed E-state index contributed by atoms with van der Waals surface area (Å²) in [6.07, 6.45) is 1.36. The highest BCUT2D eigenvalue weighted by molar-refractivity contribution is 6.30. The Balaban J connectivity index is 1.91. The second-order valence-electron chi connectivity index (χ2n) is 4.15. The molecule has 1 aromatic heterocycles. The Bertz CT molecular complexity index is 624. The van der Waals surface area contributed by atoms with Gasteiger partial charge in [-0.25, -0.2) is 9.48 Å². The predicted octanol–water partition coefficient (Wildman–Crippen LogP) is 2.40. The molecule has 0 bridgehead atoms. The highest BCUT2D eigenvalue weighted by Crippen LogP contribution is 2.31. The number of carboxylic acid groups (broad SMARTS) is 1. The highest BCUT2D eigenvalue weighted by Gasteiger charge is 2.27. The first-order valence-corrected chi connectivity index (χ1v) is 5.84. The first-order chi connectivity index (χ1) is 8.65. The lowest BCUT2D eigenvalue weighted by atomic mass is 10.1. The van der Waals surface area contributed by atoms with Gasteiger partial charge in [-0.15, -0.1) is 0 Å². The summed E-state index contributed by atoms with van der Waals surface area (Å²) in [6.45, 7) is 0.600. The van der Waals surface area contributed by atoms with Gasteiger partial charge < -0.3 is 10.4 Å². The van der Waals surface area contributed by atoms with Gasteiger partial charge in [-0.05, 0) is 17.7 Å². The van der Waals surface area contributed by atoms with Crippen LogP contribution in [-0.4, -0.2) is 20.9 Å². The molecule has 2 aromatic rings. The lowest BCUT2D eigenvalue weighted by Crippen LogP contribution is -2.08. The van der Waals surface area contributed by atoms with Crippen molar-refractivity contribution < 1.29 is 9.90 Å². The van der Waals surface area contributed by atoms with Crippen LogP contribution in [-0.2, 0) is 6.54 Å². The average Bonchev–Trinajstić information content (AvgIpc) is 2.87. The minimum Gasteiger partial charge on any atom is -0.477 e. The van der Waals surface area contributed by atoms with E-state index in [-0.39, 0.29) is 11.6 Å². The summed E-state index contributed by atoms with van der Waals surface area (Å²) >= 11 is 5.95. The van der Waals surface area contributed by atoms with Crippen LogP contribution >= 0.6 is 11.6 Å². The number of rotatable bonds is 2. The van der Waals surface area contributed by atoms with E-state index in [4.69, 9.17) is 16.7 Å². The van der Waals surface area contributed by atoms with Crippen molar-refractivity contribution in [3.8, 4) is 0 Å². The monoisotopic (exact) mass is 263 g/mol. The summed E-state index contributed by atoms with van der Waals surface area (Å²) < 4.78 is 1.66. The SMILES string of the molecule is O=C(O)c1cnn2c1N[C@H](c1cccc(Cl)c1)C2. The van der Waals surface area contributed by atoms with Crippen LogP contribution in [0.4, 0.5) is 5.82 Å². The van der Waals surface area contributed by atoms with E-state index in [1.54, 1.807) is 10.7 Å². The van der Waals surface area contributed by atoms with Crippen LogP contribution in [0.3, 0.4) is 0 Å². The number of aromatic nitrogens is 2. The molecule has 6 heteroatoms. The fraction of sp³-hybridized carbons (Fsp3) is 0.167. The van der Waals surface area contributed by atoms with Crippen molar-refractivity contribution in [1.82, 2.24) is 9.78 Å². The summed E-state index contributed by atoms with van der Waals surface area (Å²) in [6, 6.07) is 7.51. The molecular weight excluding hydrogens is 254 g/mol. The van der Waals surface area contributed by atoms with Gasteiger partial charge in [-0.2, -0.15) is 5.10 Å². The zero-order valence-electron chi connectivity index (χ0n) is 9.30. The van der Waals surface area contributed by atoms with Crippen molar-refractivity contribution in [3.05, 3.63) is 46.6 Å². The van der Waals surface area contributed by atoms with Gasteiger partial charge in [0.05, 0.1) is 18.8 Å². The van der Waals surface area contributed by atoms with Crippen molar-refractivity contribution >= 4 is 23.4 Å². The number of nitrogens with one attached hydrogen (secondary N) is 1. The molecule has 1 aliphatic rings. The second-order valence-corrected chi connectivity index (χ2v) is 4.58. The fourth-order valence-electron chi connectivity index (χ4n) is 2.13. The Morgan fingerprint density at radius 2 is 2.39 bits per heavy atom. The van der Waals surface area contributed by atoms with Gasteiger partial charge in [0.2, 0.25) is 0 Å². The molecule has 0 saturated carbocycles. The quantitative estimate of drug-likeness (QED) is 0.873. The van der Waals surface area contributed by atoms with Crippen molar-refractivity contribution in [1.29, 1.82) is 0 Å². The van der Waals surface area contributed by atoms with E-state index in [1.165, 1.54) is 6.20 Å². The summed E-state index contributed by atoms with van der Waals surface area (Å²) in [5.74, 6) is -0.428. The molecule has 0 spiro atoms. The Morgan fingerprint density at radius 1 is 1.56 bits per heavy atom. The van der Waals surface area contributed by atoms with Crippen LogP contribution in [0.15, 0.2) is 30.5 Å². The molecular formula is C12H10ClN3O2. The summed E-state index contributed by atoms with van der Waals surface area (Å²) in [5.41, 5.74) is 1.21. The number of hydrogen-bond acceptors (Lipinski definition) is 3. The largest absolute Gasteiger partial charge is 0.477 e. The molecule has 3 rings (SSSR count). The van der Waals surface area contributed by atoms with Gasteiger partial charge >= 0.3 is 5.97 Å². The molecule has 0 aliphatic carbocycles. The lowest BCUT2D eigenvalue weighted by molar-refractivity contribution is 0.0698. The highest BCUT2D eigenvalue weighted by atomic mass is 35.5. The van der Waals surface area contributed by atoms with Gasteiger partial charge in [0.1, 0.15) is 11.4 Å². The summed E-state index contributed by atoms with van der Waals surface area (Å²) in [7, 11) is 0. The molecule has 0 radical (unpaired) electrons. The minimum atomic E-state index is -0.976. The van der Waals surface area contributed by atoms with E-state index in [1.807, 2.05) is 18.2 Å². The van der Waals surface area contributed by atoms with Gasteiger partial charge in [0.15, 0.2) is 0 Å². The van der Waals surface area contributed by atoms with E-state index < -0.39 is 5.97 Å². The van der Waals surface area contributed by atoms with Crippen LogP contribution in [0.25, 0.3) is 0 Å². The third-order valence-corrected chi connectivity index (χ3v) is 3.22. The van der Waals surface area contributed by atoms with Crippen molar-refractivity contribution in [2.24, 2.45) is 0 Å². The first-order valence-electron chi connectivity index (χ1n) is 5.46. The minimum absolute atomic E-state index is 0.00509. The fourth-order valence-corrected chi connectivity index (χ4v) is 2.33. The topological polar surface area (TPSA) is 67.1 Å². The average molecular weight is 264 g/mol. The van der Waals surface area contributed by atoms with Gasteiger partial charge in [-0.1, -0.05) is 23.7 Å².